The SMILES string of the molecule is CCCCCOc1ccc(C2C(C(=O)c3ccc(C)o3)=C(O)C(=O)N2c2nnc(SCc3ccc(Cl)cc3Cl)s2)cc1. The van der Waals surface area contributed by atoms with Crippen LogP contribution in [0.2, 0.25) is 10.0 Å². The van der Waals surface area contributed by atoms with Crippen LogP contribution in [-0.2, 0) is 10.5 Å². The average molecular weight is 645 g/mol. The zero-order valence-corrected chi connectivity index (χ0v) is 25.9. The van der Waals surface area contributed by atoms with Gasteiger partial charge in [0.1, 0.15) is 11.5 Å². The van der Waals surface area contributed by atoms with E-state index >= 15 is 0 Å². The van der Waals surface area contributed by atoms with Crippen molar-refractivity contribution < 1.29 is 23.8 Å². The first kappa shape index (κ1) is 30.2. The largest absolute Gasteiger partial charge is 0.503 e. The molecule has 218 valence electrons. The fourth-order valence-electron chi connectivity index (χ4n) is 4.46. The Morgan fingerprint density at radius 1 is 1.12 bits per heavy atom. The van der Waals surface area contributed by atoms with Crippen LogP contribution >= 0.6 is 46.3 Å². The van der Waals surface area contributed by atoms with Crippen LogP contribution in [0.15, 0.2) is 74.7 Å². The van der Waals surface area contributed by atoms with Gasteiger partial charge in [-0.25, -0.2) is 0 Å². The molecule has 0 bridgehead atoms. The van der Waals surface area contributed by atoms with Gasteiger partial charge >= 0.3 is 0 Å². The first-order valence-electron chi connectivity index (χ1n) is 13.3. The summed E-state index contributed by atoms with van der Waals surface area (Å²) in [5, 5.41) is 20.8. The number of Topliss-reactive ketones (excluding diaryl/α,β-unsaturated/α-hetero) is 1. The Kier molecular flexibility index (Phi) is 9.57. The Hall–Kier alpha value is -3.31. The number of rotatable bonds is 12. The molecular weight excluding hydrogens is 617 g/mol. The summed E-state index contributed by atoms with van der Waals surface area (Å²) >= 11 is 14.9. The highest BCUT2D eigenvalue weighted by atomic mass is 35.5. The van der Waals surface area contributed by atoms with Gasteiger partial charge in [-0.05, 0) is 60.9 Å². The van der Waals surface area contributed by atoms with Crippen LogP contribution in [0.25, 0.3) is 0 Å². The summed E-state index contributed by atoms with van der Waals surface area (Å²) < 4.78 is 12.0. The van der Waals surface area contributed by atoms with E-state index in [4.69, 9.17) is 32.4 Å². The molecule has 5 rings (SSSR count). The Balaban J connectivity index is 1.44. The summed E-state index contributed by atoms with van der Waals surface area (Å²) in [6, 6.07) is 14.6. The second kappa shape index (κ2) is 13.3. The van der Waals surface area contributed by atoms with E-state index < -0.39 is 23.5 Å². The van der Waals surface area contributed by atoms with Crippen molar-refractivity contribution in [2.45, 2.75) is 49.2 Å². The predicted octanol–water partition coefficient (Wildman–Crippen LogP) is 8.39. The van der Waals surface area contributed by atoms with Gasteiger partial charge in [0.05, 0.1) is 18.2 Å². The molecule has 0 fully saturated rings. The zero-order chi connectivity index (χ0) is 29.8. The summed E-state index contributed by atoms with van der Waals surface area (Å²) in [6.07, 6.45) is 3.12. The summed E-state index contributed by atoms with van der Waals surface area (Å²) in [6.45, 7) is 4.44. The quantitative estimate of drug-likeness (QED) is 0.0710. The number of aliphatic hydroxyl groups excluding tert-OH is 1. The third kappa shape index (κ3) is 6.52. The number of unbranched alkanes of at least 4 members (excludes halogenated alkanes) is 2. The van der Waals surface area contributed by atoms with Crippen LogP contribution in [0.5, 0.6) is 5.75 Å². The molecule has 12 heteroatoms. The number of hydrogen-bond acceptors (Lipinski definition) is 9. The Bertz CT molecular complexity index is 1630. The Labute approximate surface area is 261 Å². The van der Waals surface area contributed by atoms with E-state index in [1.165, 1.54) is 34.1 Å². The van der Waals surface area contributed by atoms with Crippen molar-refractivity contribution in [2.75, 3.05) is 11.5 Å². The van der Waals surface area contributed by atoms with Crippen molar-refractivity contribution in [3.8, 4) is 5.75 Å². The van der Waals surface area contributed by atoms with Crippen LogP contribution in [0.1, 0.15) is 59.7 Å². The number of anilines is 1. The van der Waals surface area contributed by atoms with Crippen molar-refractivity contribution in [2.24, 2.45) is 0 Å². The number of ether oxygens (including phenoxy) is 1. The third-order valence-electron chi connectivity index (χ3n) is 6.60. The lowest BCUT2D eigenvalue weighted by Crippen LogP contribution is -2.31. The molecule has 0 saturated heterocycles. The maximum atomic E-state index is 13.6. The van der Waals surface area contributed by atoms with Gasteiger partial charge in [0.2, 0.25) is 10.9 Å². The van der Waals surface area contributed by atoms with Gasteiger partial charge in [-0.2, -0.15) is 0 Å². The molecule has 0 radical (unpaired) electrons. The maximum absolute atomic E-state index is 13.6. The van der Waals surface area contributed by atoms with Crippen molar-refractivity contribution in [1.82, 2.24) is 10.2 Å². The lowest BCUT2D eigenvalue weighted by molar-refractivity contribution is -0.117. The molecule has 2 aromatic carbocycles. The fourth-order valence-corrected chi connectivity index (χ4v) is 6.89. The topological polar surface area (TPSA) is 106 Å². The lowest BCUT2D eigenvalue weighted by Gasteiger charge is -2.24. The smallest absolute Gasteiger partial charge is 0.296 e. The number of benzene rings is 2. The highest BCUT2D eigenvalue weighted by Gasteiger charge is 2.46. The van der Waals surface area contributed by atoms with E-state index in [0.29, 0.717) is 43.8 Å². The summed E-state index contributed by atoms with van der Waals surface area (Å²) in [4.78, 5) is 28.4. The van der Waals surface area contributed by atoms with Crippen LogP contribution in [0.3, 0.4) is 0 Å². The predicted molar refractivity (Wildman–Crippen MR) is 165 cm³/mol. The number of ketones is 1. The van der Waals surface area contributed by atoms with Crippen LogP contribution in [0, 0.1) is 6.92 Å². The number of aliphatic hydroxyl groups is 1. The summed E-state index contributed by atoms with van der Waals surface area (Å²) in [5.74, 6) is -0.254. The zero-order valence-electron chi connectivity index (χ0n) is 22.8. The molecule has 1 aliphatic heterocycles. The molecule has 4 aromatic rings. The van der Waals surface area contributed by atoms with Gasteiger partial charge < -0.3 is 14.3 Å². The summed E-state index contributed by atoms with van der Waals surface area (Å²) in [7, 11) is 0. The number of hydrogen-bond donors (Lipinski definition) is 1. The fraction of sp³-hybridized carbons (Fsp3) is 0.267. The molecular formula is C30H27Cl2N3O5S2. The number of amides is 1. The molecule has 1 N–H and O–H groups in total. The molecule has 1 aliphatic rings. The minimum atomic E-state index is -0.957. The third-order valence-corrected chi connectivity index (χ3v) is 9.29. The standard InChI is InChI=1S/C30H27Cl2N3O5S2/c1-3-4-5-14-39-21-11-8-18(9-12-21)25-24(26(36)23-13-6-17(2)40-23)27(37)28(38)35(25)29-33-34-30(42-29)41-16-19-7-10-20(31)15-22(19)32/h6-13,15,25,37H,3-5,14,16H2,1-2H3. The number of aryl methyl sites for hydroxylation is 1. The van der Waals surface area contributed by atoms with Crippen molar-refractivity contribution in [3.05, 3.63) is 98.6 Å². The Morgan fingerprint density at radius 2 is 1.90 bits per heavy atom. The molecule has 42 heavy (non-hydrogen) atoms. The number of nitrogens with zero attached hydrogens (tertiary/aromatic N) is 3. The second-order valence-electron chi connectivity index (χ2n) is 9.58. The van der Waals surface area contributed by atoms with Crippen LogP contribution in [-0.4, -0.2) is 33.6 Å². The average Bonchev–Trinajstić information content (AvgIpc) is 3.69. The number of thioether (sulfide) groups is 1. The van der Waals surface area contributed by atoms with E-state index in [1.54, 1.807) is 49.4 Å². The summed E-state index contributed by atoms with van der Waals surface area (Å²) in [5.41, 5.74) is 1.37. The van der Waals surface area contributed by atoms with E-state index in [1.807, 2.05) is 6.07 Å². The van der Waals surface area contributed by atoms with Gasteiger partial charge in [-0.1, -0.05) is 84.3 Å². The maximum Gasteiger partial charge on any atom is 0.296 e. The molecule has 0 spiro atoms. The number of aromatic nitrogens is 2. The number of carbonyl (C=O) groups is 2. The molecule has 8 nitrogen and oxygen atoms in total. The monoisotopic (exact) mass is 643 g/mol. The minimum absolute atomic E-state index is 0.0259. The molecule has 0 saturated carbocycles. The van der Waals surface area contributed by atoms with E-state index in [-0.39, 0.29) is 16.5 Å². The van der Waals surface area contributed by atoms with Gasteiger partial charge in [0.25, 0.3) is 5.91 Å². The van der Waals surface area contributed by atoms with E-state index in [2.05, 4.69) is 17.1 Å². The molecule has 1 atom stereocenters. The highest BCUT2D eigenvalue weighted by molar-refractivity contribution is 8.00. The van der Waals surface area contributed by atoms with Gasteiger partial charge in [-0.15, -0.1) is 10.2 Å². The molecule has 2 aromatic heterocycles. The highest BCUT2D eigenvalue weighted by Crippen LogP contribution is 2.44. The number of halogens is 2. The van der Waals surface area contributed by atoms with Crippen LogP contribution < -0.4 is 9.64 Å². The van der Waals surface area contributed by atoms with Crippen LogP contribution in [0.4, 0.5) is 5.13 Å². The van der Waals surface area contributed by atoms with E-state index in [9.17, 15) is 14.7 Å². The van der Waals surface area contributed by atoms with Crippen molar-refractivity contribution in [3.63, 3.8) is 0 Å². The number of carbonyl (C=O) groups excluding carboxylic acids is 2. The van der Waals surface area contributed by atoms with Gasteiger partial charge in [-0.3, -0.25) is 14.5 Å². The first-order valence-corrected chi connectivity index (χ1v) is 15.8. The Morgan fingerprint density at radius 3 is 2.60 bits per heavy atom. The second-order valence-corrected chi connectivity index (χ2v) is 12.6. The lowest BCUT2D eigenvalue weighted by atomic mass is 9.95. The number of furan rings is 1. The van der Waals surface area contributed by atoms with E-state index in [0.717, 1.165) is 24.8 Å². The molecule has 1 amide bonds. The first-order chi connectivity index (χ1) is 20.3. The van der Waals surface area contributed by atoms with Gasteiger partial charge in [0.15, 0.2) is 15.9 Å². The molecule has 0 aliphatic carbocycles. The van der Waals surface area contributed by atoms with Crippen molar-refractivity contribution >= 4 is 63.1 Å². The molecule has 3 heterocycles. The molecule has 1 unspecified atom stereocenters. The van der Waals surface area contributed by atoms with Gasteiger partial charge in [0, 0.05) is 15.8 Å². The minimum Gasteiger partial charge on any atom is -0.503 e. The normalized spacial score (nSPS) is 15.1. The van der Waals surface area contributed by atoms with Crippen molar-refractivity contribution in [1.29, 1.82) is 0 Å².